The van der Waals surface area contributed by atoms with E-state index in [4.69, 9.17) is 9.84 Å². The van der Waals surface area contributed by atoms with E-state index in [2.05, 4.69) is 5.32 Å². The molecule has 0 radical (unpaired) electrons. The lowest BCUT2D eigenvalue weighted by molar-refractivity contribution is -0.146. The summed E-state index contributed by atoms with van der Waals surface area (Å²) in [4.78, 5) is 49.9. The first-order valence-electron chi connectivity index (χ1n) is 8.65. The average Bonchev–Trinajstić information content (AvgIpc) is 2.51. The molecule has 1 aliphatic heterocycles. The Morgan fingerprint density at radius 1 is 1.23 bits per heavy atom. The van der Waals surface area contributed by atoms with Crippen LogP contribution in [0.5, 0.6) is 0 Å². The van der Waals surface area contributed by atoms with Gasteiger partial charge in [-0.3, -0.25) is 14.4 Å². The quantitative estimate of drug-likeness (QED) is 0.734. The Balaban J connectivity index is 2.49. The van der Waals surface area contributed by atoms with Gasteiger partial charge in [0.15, 0.2) is 0 Å². The van der Waals surface area contributed by atoms with Gasteiger partial charge in [-0.2, -0.15) is 0 Å². The van der Waals surface area contributed by atoms with Gasteiger partial charge in [-0.1, -0.05) is 0 Å². The molecule has 148 valence electrons. The number of carbonyl (C=O) groups excluding carboxylic acids is 3. The molecule has 1 atom stereocenters. The smallest absolute Gasteiger partial charge is 0.408 e. The lowest BCUT2D eigenvalue weighted by atomic mass is 9.95. The van der Waals surface area contributed by atoms with Crippen LogP contribution in [0.3, 0.4) is 0 Å². The highest BCUT2D eigenvalue weighted by atomic mass is 16.6. The minimum Gasteiger partial charge on any atom is -0.480 e. The van der Waals surface area contributed by atoms with Gasteiger partial charge in [0.1, 0.15) is 18.2 Å². The Morgan fingerprint density at radius 2 is 1.77 bits per heavy atom. The minimum atomic E-state index is -1.06. The Bertz CT molecular complexity index is 549. The van der Waals surface area contributed by atoms with E-state index in [1.807, 2.05) is 0 Å². The van der Waals surface area contributed by atoms with Crippen molar-refractivity contribution in [3.63, 3.8) is 0 Å². The number of carbonyl (C=O) groups is 4. The van der Waals surface area contributed by atoms with Crippen molar-refractivity contribution in [1.82, 2.24) is 15.1 Å². The Kier molecular flexibility index (Phi) is 7.41. The molecule has 1 aliphatic rings. The number of nitrogens with one attached hydrogen (secondary N) is 1. The summed E-state index contributed by atoms with van der Waals surface area (Å²) < 4.78 is 5.13. The van der Waals surface area contributed by atoms with Crippen molar-refractivity contribution in [2.24, 2.45) is 5.92 Å². The largest absolute Gasteiger partial charge is 0.480 e. The second-order valence-corrected chi connectivity index (χ2v) is 7.56. The van der Waals surface area contributed by atoms with Crippen LogP contribution in [-0.2, 0) is 19.1 Å². The van der Waals surface area contributed by atoms with Gasteiger partial charge in [0, 0.05) is 26.1 Å². The number of amides is 3. The SMILES string of the molecule is C[C@H](NC(=O)OC(C)(C)C)C(=O)N1CCC(C(=O)N(C)CC(=O)O)CC1. The van der Waals surface area contributed by atoms with Crippen LogP contribution in [0.1, 0.15) is 40.5 Å². The van der Waals surface area contributed by atoms with Gasteiger partial charge >= 0.3 is 12.1 Å². The van der Waals surface area contributed by atoms with E-state index in [1.165, 1.54) is 11.9 Å². The summed E-state index contributed by atoms with van der Waals surface area (Å²) in [6.07, 6.45) is 0.278. The number of carboxylic acids is 1. The summed E-state index contributed by atoms with van der Waals surface area (Å²) in [6, 6.07) is -0.730. The second kappa shape index (κ2) is 8.86. The van der Waals surface area contributed by atoms with E-state index in [1.54, 1.807) is 32.6 Å². The lowest BCUT2D eigenvalue weighted by Crippen LogP contribution is -2.51. The fraction of sp³-hybridized carbons (Fsp3) is 0.765. The Labute approximate surface area is 153 Å². The highest BCUT2D eigenvalue weighted by molar-refractivity contribution is 5.86. The summed E-state index contributed by atoms with van der Waals surface area (Å²) in [7, 11) is 1.46. The number of likely N-dealkylation sites (tertiary alicyclic amines) is 1. The summed E-state index contributed by atoms with van der Waals surface area (Å²) in [5, 5.41) is 11.3. The molecular weight excluding hydrogens is 342 g/mol. The van der Waals surface area contributed by atoms with Crippen molar-refractivity contribution in [3.05, 3.63) is 0 Å². The molecule has 3 amide bonds. The molecule has 0 spiro atoms. The number of carboxylic acid groups (broad SMARTS) is 1. The molecule has 0 unspecified atom stereocenters. The normalized spacial score (nSPS) is 16.6. The first-order valence-corrected chi connectivity index (χ1v) is 8.65. The molecule has 0 aromatic carbocycles. The van der Waals surface area contributed by atoms with Crippen LogP contribution in [0.2, 0.25) is 0 Å². The summed E-state index contributed by atoms with van der Waals surface area (Å²) in [5.41, 5.74) is -0.645. The number of rotatable bonds is 5. The fourth-order valence-corrected chi connectivity index (χ4v) is 2.76. The maximum Gasteiger partial charge on any atom is 0.408 e. The molecule has 1 saturated heterocycles. The van der Waals surface area contributed by atoms with E-state index >= 15 is 0 Å². The zero-order valence-electron chi connectivity index (χ0n) is 16.1. The number of hydrogen-bond acceptors (Lipinski definition) is 5. The van der Waals surface area contributed by atoms with Crippen LogP contribution in [0.4, 0.5) is 4.79 Å². The standard InChI is InChI=1S/C17H29N3O6/c1-11(18-16(25)26-17(2,3)4)14(23)20-8-6-12(7-9-20)15(24)19(5)10-13(21)22/h11-12H,6-10H2,1-5H3,(H,18,25)(H,21,22)/t11-/m0/s1. The Morgan fingerprint density at radius 3 is 2.23 bits per heavy atom. The predicted octanol–water partition coefficient (Wildman–Crippen LogP) is 0.681. The van der Waals surface area contributed by atoms with E-state index < -0.39 is 23.7 Å². The molecule has 2 N–H and O–H groups in total. The number of aliphatic carboxylic acids is 1. The van der Waals surface area contributed by atoms with Crippen LogP contribution in [0.25, 0.3) is 0 Å². The number of likely N-dealkylation sites (N-methyl/N-ethyl adjacent to an activating group) is 1. The molecule has 0 aromatic heterocycles. The van der Waals surface area contributed by atoms with Gasteiger partial charge in [0.25, 0.3) is 0 Å². The molecule has 1 fully saturated rings. The van der Waals surface area contributed by atoms with Crippen molar-refractivity contribution in [1.29, 1.82) is 0 Å². The summed E-state index contributed by atoms with van der Waals surface area (Å²) in [6.45, 7) is 7.23. The van der Waals surface area contributed by atoms with Crippen molar-refractivity contribution in [2.75, 3.05) is 26.7 Å². The highest BCUT2D eigenvalue weighted by Gasteiger charge is 2.32. The average molecular weight is 371 g/mol. The van der Waals surface area contributed by atoms with Crippen LogP contribution in [0, 0.1) is 5.92 Å². The number of hydrogen-bond donors (Lipinski definition) is 2. The monoisotopic (exact) mass is 371 g/mol. The summed E-state index contributed by atoms with van der Waals surface area (Å²) in [5.74, 6) is -1.81. The van der Waals surface area contributed by atoms with Gasteiger partial charge < -0.3 is 25.0 Å². The van der Waals surface area contributed by atoms with E-state index in [0.717, 1.165) is 0 Å². The van der Waals surface area contributed by atoms with E-state index in [-0.39, 0.29) is 24.3 Å². The Hall–Kier alpha value is -2.32. The van der Waals surface area contributed by atoms with E-state index in [9.17, 15) is 19.2 Å². The topological polar surface area (TPSA) is 116 Å². The third-order valence-corrected chi connectivity index (χ3v) is 4.01. The first kappa shape index (κ1) is 21.7. The van der Waals surface area contributed by atoms with Crippen LogP contribution >= 0.6 is 0 Å². The van der Waals surface area contributed by atoms with Gasteiger partial charge in [-0.15, -0.1) is 0 Å². The predicted molar refractivity (Wildman–Crippen MR) is 93.4 cm³/mol. The van der Waals surface area contributed by atoms with Crippen molar-refractivity contribution in [2.45, 2.75) is 52.2 Å². The van der Waals surface area contributed by atoms with Crippen LogP contribution in [0.15, 0.2) is 0 Å². The number of alkyl carbamates (subject to hydrolysis) is 1. The number of piperidine rings is 1. The van der Waals surface area contributed by atoms with Gasteiger partial charge in [-0.05, 0) is 40.5 Å². The van der Waals surface area contributed by atoms with Crippen molar-refractivity contribution in [3.8, 4) is 0 Å². The molecule has 1 rings (SSSR count). The summed E-state index contributed by atoms with van der Waals surface area (Å²) >= 11 is 0. The zero-order valence-corrected chi connectivity index (χ0v) is 16.1. The molecule has 0 saturated carbocycles. The van der Waals surface area contributed by atoms with Crippen molar-refractivity contribution >= 4 is 23.9 Å². The molecule has 9 heteroatoms. The maximum atomic E-state index is 12.4. The minimum absolute atomic E-state index is 0.223. The van der Waals surface area contributed by atoms with Gasteiger partial charge in [-0.25, -0.2) is 4.79 Å². The van der Waals surface area contributed by atoms with Gasteiger partial charge in [0.2, 0.25) is 11.8 Å². The molecule has 0 aliphatic carbocycles. The third kappa shape index (κ3) is 6.89. The van der Waals surface area contributed by atoms with Crippen LogP contribution in [-0.4, -0.2) is 77.1 Å². The fourth-order valence-electron chi connectivity index (χ4n) is 2.76. The van der Waals surface area contributed by atoms with E-state index in [0.29, 0.717) is 25.9 Å². The van der Waals surface area contributed by atoms with Gasteiger partial charge in [0.05, 0.1) is 0 Å². The number of ether oxygens (including phenoxy) is 1. The molecular formula is C17H29N3O6. The number of nitrogens with zero attached hydrogens (tertiary/aromatic N) is 2. The maximum absolute atomic E-state index is 12.4. The van der Waals surface area contributed by atoms with Crippen LogP contribution < -0.4 is 5.32 Å². The first-order chi connectivity index (χ1) is 11.9. The third-order valence-electron chi connectivity index (χ3n) is 4.01. The molecule has 0 bridgehead atoms. The highest BCUT2D eigenvalue weighted by Crippen LogP contribution is 2.20. The second-order valence-electron chi connectivity index (χ2n) is 7.56. The zero-order chi connectivity index (χ0) is 20.1. The molecule has 9 nitrogen and oxygen atoms in total. The molecule has 0 aromatic rings. The molecule has 26 heavy (non-hydrogen) atoms. The molecule has 1 heterocycles. The van der Waals surface area contributed by atoms with Crippen molar-refractivity contribution < 1.29 is 29.0 Å². The lowest BCUT2D eigenvalue weighted by Gasteiger charge is -2.34.